The third kappa shape index (κ3) is 14.3. The molecule has 5 atom stereocenters. The Kier molecular flexibility index (Phi) is 20.0. The Balaban J connectivity index is 0.000000118. The smallest absolute Gasteiger partial charge is 0.0281 e. The molecule has 0 spiro atoms. The number of rotatable bonds is 17. The van der Waals surface area contributed by atoms with Gasteiger partial charge in [0.2, 0.25) is 0 Å². The van der Waals surface area contributed by atoms with E-state index in [-0.39, 0.29) is 0 Å². The second-order valence-electron chi connectivity index (χ2n) is 30.6. The molecule has 0 N–H and O–H groups in total. The highest BCUT2D eigenvalue weighted by molar-refractivity contribution is 5.81. The Hall–Kier alpha value is -7.80. The first-order chi connectivity index (χ1) is 47.4. The molecule has 3 saturated carbocycles. The topological polar surface area (TPSA) is 0 Å². The van der Waals surface area contributed by atoms with Gasteiger partial charge in [-0.05, 0) is 267 Å². The maximum atomic E-state index is 2.46. The molecule has 0 saturated heterocycles. The summed E-state index contributed by atoms with van der Waals surface area (Å²) in [6.45, 7) is 7.10. The molecule has 0 radical (unpaired) electrons. The van der Waals surface area contributed by atoms with Gasteiger partial charge in [0.15, 0.2) is 0 Å². The molecule has 0 nitrogen and oxygen atoms in total. The highest BCUT2D eigenvalue weighted by atomic mass is 14.4. The lowest BCUT2D eigenvalue weighted by Gasteiger charge is -2.33. The third-order valence-corrected chi connectivity index (χ3v) is 24.9. The van der Waals surface area contributed by atoms with E-state index in [9.17, 15) is 0 Å². The van der Waals surface area contributed by atoms with Crippen molar-refractivity contribution in [2.45, 2.75) is 187 Å². The van der Waals surface area contributed by atoms with Crippen LogP contribution in [0.1, 0.15) is 209 Å². The van der Waals surface area contributed by atoms with Crippen LogP contribution in [-0.4, -0.2) is 0 Å². The Bertz CT molecular complexity index is 4140. The molecule has 0 amide bonds. The number of hydrogen-bond donors (Lipinski definition) is 0. The molecule has 3 fully saturated rings. The van der Waals surface area contributed by atoms with Crippen LogP contribution in [-0.2, 0) is 44.9 Å². The number of benzene rings is 5. The van der Waals surface area contributed by atoms with Gasteiger partial charge in [0, 0.05) is 17.8 Å². The molecule has 5 aromatic rings. The first-order valence-corrected chi connectivity index (χ1v) is 38.3. The van der Waals surface area contributed by atoms with E-state index in [1.54, 1.807) is 22.3 Å². The largest absolute Gasteiger partial charge is 0.0801 e. The maximum absolute atomic E-state index is 2.46. The van der Waals surface area contributed by atoms with Crippen LogP contribution in [0.25, 0.3) is 17.2 Å². The molecule has 5 unspecified atom stereocenters. The van der Waals surface area contributed by atoms with Gasteiger partial charge in [-0.15, -0.1) is 0 Å². The Morgan fingerprint density at radius 3 is 1.49 bits per heavy atom. The first-order valence-electron chi connectivity index (χ1n) is 38.3. The lowest BCUT2D eigenvalue weighted by atomic mass is 9.72. The van der Waals surface area contributed by atoms with Crippen molar-refractivity contribution in [3.05, 3.63) is 336 Å². The lowest BCUT2D eigenvalue weighted by Crippen LogP contribution is -2.20. The third-order valence-electron chi connectivity index (χ3n) is 24.9. The average Bonchev–Trinajstić information content (AvgIpc) is 1.58. The van der Waals surface area contributed by atoms with Gasteiger partial charge in [-0.2, -0.15) is 0 Å². The highest BCUT2D eigenvalue weighted by Crippen LogP contribution is 2.47. The van der Waals surface area contributed by atoms with Gasteiger partial charge < -0.3 is 0 Å². The molecule has 5 aromatic carbocycles. The van der Waals surface area contributed by atoms with Crippen molar-refractivity contribution in [3.63, 3.8) is 0 Å². The Morgan fingerprint density at radius 1 is 0.406 bits per heavy atom. The van der Waals surface area contributed by atoms with Crippen molar-refractivity contribution in [1.82, 2.24) is 0 Å². The fourth-order valence-corrected chi connectivity index (χ4v) is 19.2. The van der Waals surface area contributed by atoms with Crippen molar-refractivity contribution in [3.8, 4) is 0 Å². The van der Waals surface area contributed by atoms with Crippen LogP contribution in [0.3, 0.4) is 0 Å². The number of aryl methyl sites for hydroxylation is 2. The molecule has 0 heteroatoms. The van der Waals surface area contributed by atoms with Crippen molar-refractivity contribution in [2.75, 3.05) is 0 Å². The van der Waals surface area contributed by atoms with E-state index >= 15 is 0 Å². The van der Waals surface area contributed by atoms with E-state index in [4.69, 9.17) is 0 Å². The van der Waals surface area contributed by atoms with Gasteiger partial charge in [0.05, 0.1) is 0 Å². The van der Waals surface area contributed by atoms with Gasteiger partial charge in [-0.25, -0.2) is 0 Å². The highest BCUT2D eigenvalue weighted by Gasteiger charge is 2.32. The molecule has 17 rings (SSSR count). The number of hydrogen-bond acceptors (Lipinski definition) is 0. The summed E-state index contributed by atoms with van der Waals surface area (Å²) in [5, 5.41) is 0. The van der Waals surface area contributed by atoms with Gasteiger partial charge in [0.1, 0.15) is 0 Å². The SMILES string of the molecule is C1=CC2C(=C1)C(Cc1ccc(C3CCCCC3)cc1)=CC=C2c1ccc2c(c1)CC=C2.CCC(CC)C1CCC(c2ccc(CC3=CC=C(C4=CCC=C4)C4C=CC=C34)cc2)CC1.CCC1CCC(Cc2ccc(CC3=CC=C(c4ccc5c(c4)CCC5)C4C=CC=C34)cc2)C1. The standard InChI is InChI=1S/C33H36.C32H38.C31H30/c1-2-23-9-14-26(19-23)20-24-10-12-25(13-11-24)21-29-17-18-32(33-8-4-7-31(29)33)30-16-15-27-5-3-6-28(27)22-30;1-3-24(4-2)25-16-18-27(19-17-25)26-14-12-23(13-15-26)22-29-20-21-31(28-8-5-6-9-28)32-11-7-10-30(29)32;1-2-6-23(7-3-1)25-14-12-22(13-15-25)20-27-18-19-30(31-11-5-10-29(27)31)28-17-16-24-8-4-9-26(24)21-28/h4,7-8,10-13,15-18,22-23,26,33H,2-3,5-6,9,14,19-21H2,1H3;5,7-15,20-21,24-25,27,32H,3-4,6,16-19,22H2,1-2H3;4-5,8,10-19,21,23,31H,1-3,6-7,9,20H2. The van der Waals surface area contributed by atoms with E-state index in [2.05, 4.69) is 251 Å². The average molecular weight is 1260 g/mol. The molecule has 0 heterocycles. The quantitative estimate of drug-likeness (QED) is 0.0870. The summed E-state index contributed by atoms with van der Waals surface area (Å²) in [5.74, 6) is 6.60. The predicted molar refractivity (Wildman–Crippen MR) is 410 cm³/mol. The van der Waals surface area contributed by atoms with Gasteiger partial charge in [-0.1, -0.05) is 296 Å². The Morgan fingerprint density at radius 2 is 0.927 bits per heavy atom. The molecule has 488 valence electrons. The monoisotopic (exact) mass is 1260 g/mol. The summed E-state index contributed by atoms with van der Waals surface area (Å²) in [7, 11) is 0. The second-order valence-corrected chi connectivity index (χ2v) is 30.6. The molecule has 12 aliphatic carbocycles. The van der Waals surface area contributed by atoms with Gasteiger partial charge in [-0.3, -0.25) is 0 Å². The Labute approximate surface area is 577 Å². The predicted octanol–water partition coefficient (Wildman–Crippen LogP) is 25.0. The van der Waals surface area contributed by atoms with Crippen LogP contribution >= 0.6 is 0 Å². The van der Waals surface area contributed by atoms with Crippen LogP contribution < -0.4 is 0 Å². The van der Waals surface area contributed by atoms with Crippen LogP contribution in [0.15, 0.2) is 269 Å². The van der Waals surface area contributed by atoms with E-state index < -0.39 is 0 Å². The fourth-order valence-electron chi connectivity index (χ4n) is 19.2. The van der Waals surface area contributed by atoms with Crippen LogP contribution in [0.2, 0.25) is 0 Å². The molecule has 0 aliphatic heterocycles. The van der Waals surface area contributed by atoms with Crippen LogP contribution in [0.5, 0.6) is 0 Å². The fraction of sp³-hybridized carbons (Fsp3) is 0.375. The van der Waals surface area contributed by atoms with Gasteiger partial charge >= 0.3 is 0 Å². The van der Waals surface area contributed by atoms with Crippen LogP contribution in [0.4, 0.5) is 0 Å². The zero-order valence-electron chi connectivity index (χ0n) is 58.1. The summed E-state index contributed by atoms with van der Waals surface area (Å²) < 4.78 is 0. The summed E-state index contributed by atoms with van der Waals surface area (Å²) >= 11 is 0. The van der Waals surface area contributed by atoms with E-state index in [0.29, 0.717) is 17.8 Å². The van der Waals surface area contributed by atoms with Crippen molar-refractivity contribution in [1.29, 1.82) is 0 Å². The summed E-state index contributed by atoms with van der Waals surface area (Å²) in [6, 6.07) is 42.9. The van der Waals surface area contributed by atoms with Crippen molar-refractivity contribution in [2.24, 2.45) is 41.4 Å². The number of fused-ring (bicyclic) bond motifs is 5. The van der Waals surface area contributed by atoms with E-state index in [1.807, 2.05) is 0 Å². The van der Waals surface area contributed by atoms with E-state index in [1.165, 1.54) is 222 Å². The summed E-state index contributed by atoms with van der Waals surface area (Å²) in [6.07, 6.45) is 77.8. The summed E-state index contributed by atoms with van der Waals surface area (Å²) in [5.41, 5.74) is 32.3. The second kappa shape index (κ2) is 29.9. The van der Waals surface area contributed by atoms with E-state index in [0.717, 1.165) is 67.6 Å². The minimum atomic E-state index is 0.397. The maximum Gasteiger partial charge on any atom is 0.0281 e. The van der Waals surface area contributed by atoms with Crippen molar-refractivity contribution >= 4 is 17.2 Å². The molecular weight excluding hydrogens is 1150 g/mol. The molecule has 96 heavy (non-hydrogen) atoms. The van der Waals surface area contributed by atoms with Gasteiger partial charge in [0.25, 0.3) is 0 Å². The minimum Gasteiger partial charge on any atom is -0.0801 e. The minimum absolute atomic E-state index is 0.397. The number of allylic oxidation sites excluding steroid dienone is 29. The van der Waals surface area contributed by atoms with Crippen LogP contribution in [0, 0.1) is 41.4 Å². The zero-order valence-corrected chi connectivity index (χ0v) is 58.1. The molecular formula is C96H104. The molecule has 0 aromatic heterocycles. The summed E-state index contributed by atoms with van der Waals surface area (Å²) in [4.78, 5) is 0. The normalized spacial score (nSPS) is 24.8. The molecule has 0 bridgehead atoms. The molecule has 12 aliphatic rings. The zero-order chi connectivity index (χ0) is 64.7. The van der Waals surface area contributed by atoms with Crippen molar-refractivity contribution < 1.29 is 0 Å². The lowest BCUT2D eigenvalue weighted by molar-refractivity contribution is 0.221. The first kappa shape index (κ1) is 64.2.